The third-order valence-electron chi connectivity index (χ3n) is 4.02. The normalized spacial score (nSPS) is 11.2. The van der Waals surface area contributed by atoms with E-state index in [9.17, 15) is 8.42 Å². The molecule has 3 aromatic rings. The number of ether oxygens (including phenoxy) is 2. The quantitative estimate of drug-likeness (QED) is 0.668. The topological polar surface area (TPSA) is 95.3 Å². The van der Waals surface area contributed by atoms with Crippen LogP contribution in [0.2, 0.25) is 0 Å². The van der Waals surface area contributed by atoms with Crippen molar-refractivity contribution in [3.05, 3.63) is 59.9 Å². The van der Waals surface area contributed by atoms with Crippen molar-refractivity contribution in [3.63, 3.8) is 0 Å². The van der Waals surface area contributed by atoms with E-state index in [-0.39, 0.29) is 16.6 Å². The van der Waals surface area contributed by atoms with E-state index in [2.05, 4.69) is 14.8 Å². The van der Waals surface area contributed by atoms with Crippen molar-refractivity contribution < 1.29 is 17.9 Å². The average Bonchev–Trinajstić information content (AvgIpc) is 3.09. The van der Waals surface area contributed by atoms with Crippen LogP contribution in [0.4, 0.5) is 5.95 Å². The van der Waals surface area contributed by atoms with E-state index in [1.165, 1.54) is 32.7 Å². The van der Waals surface area contributed by atoms with Gasteiger partial charge in [-0.2, -0.15) is 4.98 Å². The van der Waals surface area contributed by atoms with E-state index in [1.54, 1.807) is 10.7 Å². The highest BCUT2D eigenvalue weighted by atomic mass is 32.2. The number of anilines is 1. The molecule has 0 amide bonds. The Bertz CT molecular complexity index is 1050. The van der Waals surface area contributed by atoms with Crippen LogP contribution in [0.3, 0.4) is 0 Å². The lowest BCUT2D eigenvalue weighted by atomic mass is 10.1. The van der Waals surface area contributed by atoms with Gasteiger partial charge in [0.2, 0.25) is 0 Å². The standard InChI is InChI=1S/C18H20N4O4S/c1-13-6-4-5-7-14(13)11-22-12-19-18(20-22)21-27(23,24)17-10-15(25-2)8-9-16(17)26-3/h4-10,12H,11H2,1-3H3,(H,20,21). The number of sulfonamides is 1. The largest absolute Gasteiger partial charge is 0.497 e. The van der Waals surface area contributed by atoms with Crippen LogP contribution in [0, 0.1) is 6.92 Å². The predicted molar refractivity (Wildman–Crippen MR) is 101 cm³/mol. The van der Waals surface area contributed by atoms with Gasteiger partial charge < -0.3 is 9.47 Å². The first kappa shape index (κ1) is 18.7. The fraction of sp³-hybridized carbons (Fsp3) is 0.222. The van der Waals surface area contributed by atoms with Gasteiger partial charge in [-0.25, -0.2) is 17.8 Å². The maximum Gasteiger partial charge on any atom is 0.268 e. The van der Waals surface area contributed by atoms with E-state index >= 15 is 0 Å². The number of aromatic nitrogens is 3. The molecule has 0 saturated carbocycles. The fourth-order valence-electron chi connectivity index (χ4n) is 2.55. The highest BCUT2D eigenvalue weighted by Crippen LogP contribution is 2.29. The van der Waals surface area contributed by atoms with E-state index in [0.717, 1.165) is 11.1 Å². The van der Waals surface area contributed by atoms with Crippen LogP contribution < -0.4 is 14.2 Å². The van der Waals surface area contributed by atoms with Crippen molar-refractivity contribution in [2.24, 2.45) is 0 Å². The summed E-state index contributed by atoms with van der Waals surface area (Å²) < 4.78 is 39.7. The van der Waals surface area contributed by atoms with Gasteiger partial charge in [0.1, 0.15) is 22.7 Å². The van der Waals surface area contributed by atoms with Gasteiger partial charge in [0, 0.05) is 6.07 Å². The minimum Gasteiger partial charge on any atom is -0.497 e. The summed E-state index contributed by atoms with van der Waals surface area (Å²) in [4.78, 5) is 3.98. The van der Waals surface area contributed by atoms with Crippen LogP contribution in [0.5, 0.6) is 11.5 Å². The molecule has 3 rings (SSSR count). The summed E-state index contributed by atoms with van der Waals surface area (Å²) in [6, 6.07) is 12.4. The molecule has 0 fully saturated rings. The maximum atomic E-state index is 12.7. The van der Waals surface area contributed by atoms with Crippen LogP contribution in [0.25, 0.3) is 0 Å². The Balaban J connectivity index is 1.83. The summed E-state index contributed by atoms with van der Waals surface area (Å²) in [5, 5.41) is 4.20. The van der Waals surface area contributed by atoms with E-state index in [4.69, 9.17) is 9.47 Å². The van der Waals surface area contributed by atoms with Crippen molar-refractivity contribution >= 4 is 16.0 Å². The minimum absolute atomic E-state index is 0.0199. The second-order valence-electron chi connectivity index (χ2n) is 5.81. The Morgan fingerprint density at radius 2 is 1.89 bits per heavy atom. The van der Waals surface area contributed by atoms with Gasteiger partial charge in [0.15, 0.2) is 0 Å². The molecule has 0 aliphatic rings. The Morgan fingerprint density at radius 3 is 2.59 bits per heavy atom. The molecule has 0 aliphatic carbocycles. The van der Waals surface area contributed by atoms with Crippen molar-refractivity contribution in [2.45, 2.75) is 18.4 Å². The number of benzene rings is 2. The van der Waals surface area contributed by atoms with Crippen molar-refractivity contribution in [2.75, 3.05) is 18.9 Å². The summed E-state index contributed by atoms with van der Waals surface area (Å²) in [6.45, 7) is 2.49. The molecule has 1 aromatic heterocycles. The summed E-state index contributed by atoms with van der Waals surface area (Å²) >= 11 is 0. The van der Waals surface area contributed by atoms with Crippen LogP contribution in [-0.4, -0.2) is 37.4 Å². The third kappa shape index (κ3) is 4.20. The fourth-order valence-corrected chi connectivity index (χ4v) is 3.68. The van der Waals surface area contributed by atoms with Crippen LogP contribution in [0.1, 0.15) is 11.1 Å². The van der Waals surface area contributed by atoms with E-state index in [0.29, 0.717) is 12.3 Å². The Labute approximate surface area is 157 Å². The van der Waals surface area contributed by atoms with Gasteiger partial charge in [0.25, 0.3) is 16.0 Å². The molecular weight excluding hydrogens is 368 g/mol. The average molecular weight is 388 g/mol. The minimum atomic E-state index is -3.95. The highest BCUT2D eigenvalue weighted by Gasteiger charge is 2.22. The zero-order chi connectivity index (χ0) is 19.4. The van der Waals surface area contributed by atoms with Gasteiger partial charge >= 0.3 is 0 Å². The molecule has 2 aromatic carbocycles. The summed E-state index contributed by atoms with van der Waals surface area (Å²) in [5.41, 5.74) is 2.20. The van der Waals surface area contributed by atoms with Crippen molar-refractivity contribution in [3.8, 4) is 11.5 Å². The van der Waals surface area contributed by atoms with Gasteiger partial charge in [-0.15, -0.1) is 5.10 Å². The second kappa shape index (κ2) is 7.67. The molecule has 0 unspecified atom stereocenters. The number of methoxy groups -OCH3 is 2. The number of hydrogen-bond donors (Lipinski definition) is 1. The van der Waals surface area contributed by atoms with Gasteiger partial charge in [0.05, 0.1) is 20.8 Å². The van der Waals surface area contributed by atoms with Crippen molar-refractivity contribution in [1.82, 2.24) is 14.8 Å². The molecule has 1 N–H and O–H groups in total. The first-order valence-electron chi connectivity index (χ1n) is 8.12. The molecule has 0 saturated heterocycles. The maximum absolute atomic E-state index is 12.7. The lowest BCUT2D eigenvalue weighted by Crippen LogP contribution is -2.15. The third-order valence-corrected chi connectivity index (χ3v) is 5.37. The molecule has 8 nitrogen and oxygen atoms in total. The molecular formula is C18H20N4O4S. The lowest BCUT2D eigenvalue weighted by Gasteiger charge is -2.11. The molecule has 1 heterocycles. The summed E-state index contributed by atoms with van der Waals surface area (Å²) in [5.74, 6) is 0.574. The van der Waals surface area contributed by atoms with E-state index in [1.807, 2.05) is 31.2 Å². The number of rotatable bonds is 7. The highest BCUT2D eigenvalue weighted by molar-refractivity contribution is 7.92. The SMILES string of the molecule is COc1ccc(OC)c(S(=O)(=O)Nc2ncn(Cc3ccccc3C)n2)c1. The zero-order valence-corrected chi connectivity index (χ0v) is 16.0. The number of nitrogens with one attached hydrogen (secondary N) is 1. The van der Waals surface area contributed by atoms with Crippen LogP contribution >= 0.6 is 0 Å². The molecule has 142 valence electrons. The molecule has 0 radical (unpaired) electrons. The first-order valence-corrected chi connectivity index (χ1v) is 9.60. The molecule has 9 heteroatoms. The lowest BCUT2D eigenvalue weighted by molar-refractivity contribution is 0.392. The number of nitrogens with zero attached hydrogens (tertiary/aromatic N) is 3. The monoisotopic (exact) mass is 388 g/mol. The van der Waals surface area contributed by atoms with Crippen LogP contribution in [-0.2, 0) is 16.6 Å². The summed E-state index contributed by atoms with van der Waals surface area (Å²) in [6.07, 6.45) is 1.48. The Hall–Kier alpha value is -3.07. The predicted octanol–water partition coefficient (Wildman–Crippen LogP) is 2.45. The smallest absolute Gasteiger partial charge is 0.268 e. The molecule has 0 aliphatic heterocycles. The number of hydrogen-bond acceptors (Lipinski definition) is 6. The van der Waals surface area contributed by atoms with Crippen molar-refractivity contribution in [1.29, 1.82) is 0 Å². The van der Waals surface area contributed by atoms with E-state index < -0.39 is 10.0 Å². The summed E-state index contributed by atoms with van der Waals surface area (Å²) in [7, 11) is -1.09. The van der Waals surface area contributed by atoms with Gasteiger partial charge in [-0.1, -0.05) is 24.3 Å². The zero-order valence-electron chi connectivity index (χ0n) is 15.2. The molecule has 0 spiro atoms. The Morgan fingerprint density at radius 1 is 1.11 bits per heavy atom. The molecule has 0 atom stereocenters. The van der Waals surface area contributed by atoms with Crippen LogP contribution in [0.15, 0.2) is 53.7 Å². The first-order chi connectivity index (χ1) is 12.9. The van der Waals surface area contributed by atoms with Gasteiger partial charge in [-0.05, 0) is 30.2 Å². The van der Waals surface area contributed by atoms with Gasteiger partial charge in [-0.3, -0.25) is 0 Å². The molecule has 0 bridgehead atoms. The molecule has 27 heavy (non-hydrogen) atoms. The Kier molecular flexibility index (Phi) is 5.31. The number of aryl methyl sites for hydroxylation is 1. The second-order valence-corrected chi connectivity index (χ2v) is 7.47.